The van der Waals surface area contributed by atoms with Crippen LogP contribution in [0.3, 0.4) is 0 Å². The molecule has 87 valence electrons. The molecule has 0 saturated carbocycles. The molecule has 3 radical (unpaired) electrons. The fourth-order valence-corrected chi connectivity index (χ4v) is 3.18. The van der Waals surface area contributed by atoms with Crippen LogP contribution in [-0.4, -0.2) is 10.2 Å². The van der Waals surface area contributed by atoms with Crippen molar-refractivity contribution in [3.05, 3.63) is 66.7 Å². The van der Waals surface area contributed by atoms with Crippen molar-refractivity contribution in [3.63, 3.8) is 0 Å². The standard InChI is InChI=1S/C18H11Si/c19-17-7-3-6-12-8-9-15-10-13-4-1-2-5-14(13)11-16(15)18(12)17/h1-11H. The van der Waals surface area contributed by atoms with Crippen molar-refractivity contribution in [3.8, 4) is 0 Å². The number of hydrogen-bond donors (Lipinski definition) is 0. The van der Waals surface area contributed by atoms with E-state index >= 15 is 0 Å². The molecule has 0 heterocycles. The molecule has 0 unspecified atom stereocenters. The molecule has 4 aromatic rings. The summed E-state index contributed by atoms with van der Waals surface area (Å²) in [6.07, 6.45) is 0. The van der Waals surface area contributed by atoms with Crippen molar-refractivity contribution in [2.75, 3.05) is 0 Å². The van der Waals surface area contributed by atoms with Crippen LogP contribution in [-0.2, 0) is 0 Å². The molecule has 0 atom stereocenters. The van der Waals surface area contributed by atoms with E-state index in [-0.39, 0.29) is 0 Å². The SMILES string of the molecule is [Si]c1cccc2ccc3cc4ccccc4cc3c12. The highest BCUT2D eigenvalue weighted by Crippen LogP contribution is 2.28. The van der Waals surface area contributed by atoms with E-state index in [0.717, 1.165) is 5.19 Å². The van der Waals surface area contributed by atoms with Gasteiger partial charge < -0.3 is 0 Å². The normalized spacial score (nSPS) is 11.4. The van der Waals surface area contributed by atoms with Gasteiger partial charge in [0.05, 0.1) is 10.2 Å². The number of hydrogen-bond acceptors (Lipinski definition) is 0. The number of fused-ring (bicyclic) bond motifs is 4. The van der Waals surface area contributed by atoms with E-state index < -0.39 is 0 Å². The minimum Gasteiger partial charge on any atom is -0.0632 e. The van der Waals surface area contributed by atoms with Gasteiger partial charge in [0.25, 0.3) is 0 Å². The van der Waals surface area contributed by atoms with E-state index in [1.165, 1.54) is 32.3 Å². The molecule has 19 heavy (non-hydrogen) atoms. The zero-order valence-electron chi connectivity index (χ0n) is 10.4. The topological polar surface area (TPSA) is 0 Å². The van der Waals surface area contributed by atoms with E-state index in [1.54, 1.807) is 0 Å². The van der Waals surface area contributed by atoms with Crippen molar-refractivity contribution < 1.29 is 0 Å². The van der Waals surface area contributed by atoms with Gasteiger partial charge in [-0.3, -0.25) is 0 Å². The number of benzene rings is 4. The maximum atomic E-state index is 3.74. The molecule has 0 nitrogen and oxygen atoms in total. The third-order valence-electron chi connectivity index (χ3n) is 3.73. The molecule has 4 aromatic carbocycles. The summed E-state index contributed by atoms with van der Waals surface area (Å²) in [6.45, 7) is 0. The van der Waals surface area contributed by atoms with Gasteiger partial charge in [0.15, 0.2) is 0 Å². The molecule has 0 amide bonds. The van der Waals surface area contributed by atoms with Gasteiger partial charge in [-0.15, -0.1) is 0 Å². The third kappa shape index (κ3) is 1.59. The van der Waals surface area contributed by atoms with Gasteiger partial charge in [-0.2, -0.15) is 0 Å². The monoisotopic (exact) mass is 255 g/mol. The van der Waals surface area contributed by atoms with E-state index in [2.05, 4.69) is 77.0 Å². The first kappa shape index (κ1) is 10.8. The zero-order chi connectivity index (χ0) is 12.8. The summed E-state index contributed by atoms with van der Waals surface area (Å²) in [7, 11) is 3.74. The molecule has 4 rings (SSSR count). The summed E-state index contributed by atoms with van der Waals surface area (Å²) >= 11 is 0. The molecule has 0 aromatic heterocycles. The molecule has 0 aliphatic rings. The third-order valence-corrected chi connectivity index (χ3v) is 4.14. The second-order valence-corrected chi connectivity index (χ2v) is 5.43. The maximum Gasteiger partial charge on any atom is 0.0720 e. The lowest BCUT2D eigenvalue weighted by molar-refractivity contribution is 1.79. The van der Waals surface area contributed by atoms with E-state index in [0.29, 0.717) is 0 Å². The Morgan fingerprint density at radius 2 is 1.26 bits per heavy atom. The van der Waals surface area contributed by atoms with Crippen molar-refractivity contribution in [1.29, 1.82) is 0 Å². The van der Waals surface area contributed by atoms with Crippen molar-refractivity contribution in [2.24, 2.45) is 0 Å². The van der Waals surface area contributed by atoms with Crippen molar-refractivity contribution in [1.82, 2.24) is 0 Å². The highest BCUT2D eigenvalue weighted by Gasteiger charge is 2.04. The van der Waals surface area contributed by atoms with Gasteiger partial charge in [0.2, 0.25) is 0 Å². The zero-order valence-corrected chi connectivity index (χ0v) is 11.4. The summed E-state index contributed by atoms with van der Waals surface area (Å²) in [5.41, 5.74) is 0. The van der Waals surface area contributed by atoms with Gasteiger partial charge in [0, 0.05) is 0 Å². The molecular formula is C18H11Si. The Balaban J connectivity index is 2.29. The summed E-state index contributed by atoms with van der Waals surface area (Å²) in [4.78, 5) is 0. The molecule has 0 aliphatic heterocycles. The average molecular weight is 255 g/mol. The Kier molecular flexibility index (Phi) is 2.23. The molecule has 0 fully saturated rings. The van der Waals surface area contributed by atoms with Crippen LogP contribution >= 0.6 is 0 Å². The summed E-state index contributed by atoms with van der Waals surface area (Å²) in [5, 5.41) is 8.90. The molecule has 0 N–H and O–H groups in total. The summed E-state index contributed by atoms with van der Waals surface area (Å²) in [5.74, 6) is 0. The summed E-state index contributed by atoms with van der Waals surface area (Å²) in [6, 6.07) is 23.8. The first-order valence-corrected chi connectivity index (χ1v) is 6.89. The quantitative estimate of drug-likeness (QED) is 0.254. The van der Waals surface area contributed by atoms with Crippen LogP contribution in [0.2, 0.25) is 0 Å². The first-order chi connectivity index (χ1) is 9.33. The maximum absolute atomic E-state index is 3.74. The fourth-order valence-electron chi connectivity index (χ4n) is 2.80. The minimum absolute atomic E-state index is 1.15. The van der Waals surface area contributed by atoms with Crippen LogP contribution in [0.25, 0.3) is 32.3 Å². The molecule has 0 spiro atoms. The number of rotatable bonds is 0. The second-order valence-electron chi connectivity index (χ2n) is 4.89. The Morgan fingerprint density at radius 1 is 0.579 bits per heavy atom. The Labute approximate surface area is 115 Å². The lowest BCUT2D eigenvalue weighted by Gasteiger charge is -2.08. The highest BCUT2D eigenvalue weighted by atomic mass is 28.1. The first-order valence-electron chi connectivity index (χ1n) is 6.39. The predicted octanol–water partition coefficient (Wildman–Crippen LogP) is 3.94. The Bertz CT molecular complexity index is 922. The van der Waals surface area contributed by atoms with Crippen LogP contribution in [0.5, 0.6) is 0 Å². The predicted molar refractivity (Wildman–Crippen MR) is 84.3 cm³/mol. The van der Waals surface area contributed by atoms with Gasteiger partial charge in [0.1, 0.15) is 0 Å². The lowest BCUT2D eigenvalue weighted by atomic mass is 9.98. The van der Waals surface area contributed by atoms with Crippen molar-refractivity contribution in [2.45, 2.75) is 0 Å². The molecule has 0 bridgehead atoms. The minimum atomic E-state index is 1.15. The van der Waals surface area contributed by atoms with Gasteiger partial charge in [-0.1, -0.05) is 59.8 Å². The van der Waals surface area contributed by atoms with E-state index in [1.807, 2.05) is 0 Å². The van der Waals surface area contributed by atoms with Crippen LogP contribution in [0.4, 0.5) is 0 Å². The van der Waals surface area contributed by atoms with Gasteiger partial charge in [-0.25, -0.2) is 0 Å². The molecule has 1 heteroatoms. The van der Waals surface area contributed by atoms with Gasteiger partial charge in [-0.05, 0) is 44.5 Å². The van der Waals surface area contributed by atoms with Crippen LogP contribution in [0.1, 0.15) is 0 Å². The highest BCUT2D eigenvalue weighted by molar-refractivity contribution is 6.41. The Hall–Kier alpha value is -2.12. The van der Waals surface area contributed by atoms with E-state index in [4.69, 9.17) is 0 Å². The Morgan fingerprint density at radius 3 is 2.11 bits per heavy atom. The molecule has 0 aliphatic carbocycles. The van der Waals surface area contributed by atoms with Crippen LogP contribution in [0, 0.1) is 0 Å². The van der Waals surface area contributed by atoms with E-state index in [9.17, 15) is 0 Å². The van der Waals surface area contributed by atoms with Crippen molar-refractivity contribution >= 4 is 47.7 Å². The second kappa shape index (κ2) is 3.94. The van der Waals surface area contributed by atoms with Crippen LogP contribution in [0.15, 0.2) is 66.7 Å². The van der Waals surface area contributed by atoms with Crippen LogP contribution < -0.4 is 5.19 Å². The average Bonchev–Trinajstić information content (AvgIpc) is 2.45. The largest absolute Gasteiger partial charge is 0.0720 e. The molecule has 0 saturated heterocycles. The molecular weight excluding hydrogens is 244 g/mol. The smallest absolute Gasteiger partial charge is 0.0632 e. The van der Waals surface area contributed by atoms with Gasteiger partial charge >= 0.3 is 0 Å². The fraction of sp³-hybridized carbons (Fsp3) is 0. The lowest BCUT2D eigenvalue weighted by Crippen LogP contribution is -2.03. The summed E-state index contributed by atoms with van der Waals surface area (Å²) < 4.78 is 0.